The molecule has 0 radical (unpaired) electrons. The summed E-state index contributed by atoms with van der Waals surface area (Å²) >= 11 is 0. The third kappa shape index (κ3) is 1.73. The molecule has 4 heteroatoms. The van der Waals surface area contributed by atoms with E-state index >= 15 is 0 Å². The van der Waals surface area contributed by atoms with Crippen molar-refractivity contribution in [3.63, 3.8) is 0 Å². The predicted molar refractivity (Wildman–Crippen MR) is 57.7 cm³/mol. The van der Waals surface area contributed by atoms with E-state index in [-0.39, 0.29) is 30.0 Å². The summed E-state index contributed by atoms with van der Waals surface area (Å²) in [7, 11) is 0. The van der Waals surface area contributed by atoms with Crippen LogP contribution in [0.2, 0.25) is 0 Å². The van der Waals surface area contributed by atoms with Gasteiger partial charge in [0.2, 0.25) is 0 Å². The lowest BCUT2D eigenvalue weighted by atomic mass is 9.81. The normalized spacial score (nSPS) is 29.6. The van der Waals surface area contributed by atoms with Gasteiger partial charge in [0.1, 0.15) is 6.10 Å². The molecule has 16 heavy (non-hydrogen) atoms. The van der Waals surface area contributed by atoms with E-state index in [4.69, 9.17) is 9.84 Å². The molecule has 1 heterocycles. The van der Waals surface area contributed by atoms with Crippen molar-refractivity contribution in [1.29, 1.82) is 0 Å². The summed E-state index contributed by atoms with van der Waals surface area (Å²) in [4.78, 5) is 11.5. The Morgan fingerprint density at radius 3 is 2.94 bits per heavy atom. The number of allylic oxidation sites excluding steroid dienone is 1. The first-order valence-corrected chi connectivity index (χ1v) is 5.61. The van der Waals surface area contributed by atoms with Gasteiger partial charge in [-0.2, -0.15) is 0 Å². The van der Waals surface area contributed by atoms with E-state index < -0.39 is 5.97 Å². The monoisotopic (exact) mass is 224 g/mol. The molecule has 2 rings (SSSR count). The summed E-state index contributed by atoms with van der Waals surface area (Å²) < 4.78 is 5.28. The predicted octanol–water partition coefficient (Wildman–Crippen LogP) is 1.46. The molecule has 2 aliphatic rings. The van der Waals surface area contributed by atoms with Crippen LogP contribution in [0.5, 0.6) is 0 Å². The Balaban J connectivity index is 2.38. The van der Waals surface area contributed by atoms with Gasteiger partial charge in [0.05, 0.1) is 17.9 Å². The van der Waals surface area contributed by atoms with Crippen LogP contribution in [0.15, 0.2) is 23.0 Å². The molecule has 0 fully saturated rings. The first-order valence-electron chi connectivity index (χ1n) is 5.61. The highest BCUT2D eigenvalue weighted by atomic mass is 16.5. The third-order valence-corrected chi connectivity index (χ3v) is 3.34. The van der Waals surface area contributed by atoms with Crippen LogP contribution >= 0.6 is 0 Å². The number of esters is 1. The lowest BCUT2D eigenvalue weighted by Gasteiger charge is -2.34. The first-order chi connectivity index (χ1) is 7.67. The van der Waals surface area contributed by atoms with Gasteiger partial charge in [0.25, 0.3) is 0 Å². The van der Waals surface area contributed by atoms with Crippen LogP contribution in [-0.4, -0.2) is 28.9 Å². The van der Waals surface area contributed by atoms with Crippen LogP contribution in [0.1, 0.15) is 26.2 Å². The summed E-state index contributed by atoms with van der Waals surface area (Å²) in [6, 6.07) is 0. The van der Waals surface area contributed by atoms with Crippen molar-refractivity contribution < 1.29 is 19.7 Å². The smallest absolute Gasteiger partial charge is 0.336 e. The average molecular weight is 224 g/mol. The molecule has 1 aliphatic heterocycles. The number of carbonyl (C=O) groups is 1. The molecule has 2 atom stereocenters. The third-order valence-electron chi connectivity index (χ3n) is 3.34. The Bertz CT molecular complexity index is 367. The Morgan fingerprint density at radius 2 is 2.31 bits per heavy atom. The quantitative estimate of drug-likeness (QED) is 0.697. The van der Waals surface area contributed by atoms with Crippen molar-refractivity contribution in [3.8, 4) is 0 Å². The van der Waals surface area contributed by atoms with Crippen LogP contribution in [0.4, 0.5) is 0 Å². The van der Waals surface area contributed by atoms with Gasteiger partial charge in [0, 0.05) is 17.9 Å². The van der Waals surface area contributed by atoms with Crippen molar-refractivity contribution >= 4 is 5.97 Å². The highest BCUT2D eigenvalue weighted by molar-refractivity contribution is 5.91. The fourth-order valence-corrected chi connectivity index (χ4v) is 2.33. The average Bonchev–Trinajstić information content (AvgIpc) is 2.29. The molecule has 1 aliphatic carbocycles. The highest BCUT2D eigenvalue weighted by Crippen LogP contribution is 2.36. The molecule has 0 aromatic heterocycles. The van der Waals surface area contributed by atoms with Crippen molar-refractivity contribution in [3.05, 3.63) is 23.0 Å². The maximum atomic E-state index is 11.5. The Kier molecular flexibility index (Phi) is 3.01. The number of aliphatic hydroxyl groups is 2. The lowest BCUT2D eigenvalue weighted by molar-refractivity contribution is -0.147. The van der Waals surface area contributed by atoms with E-state index in [0.29, 0.717) is 12.0 Å². The van der Waals surface area contributed by atoms with Gasteiger partial charge in [-0.25, -0.2) is 4.79 Å². The number of hydrogen-bond donors (Lipinski definition) is 2. The summed E-state index contributed by atoms with van der Waals surface area (Å²) in [6.07, 6.45) is 3.62. The molecule has 0 amide bonds. The summed E-state index contributed by atoms with van der Waals surface area (Å²) in [5.41, 5.74) is 0.885. The Morgan fingerprint density at radius 1 is 1.56 bits per heavy atom. The maximum absolute atomic E-state index is 11.5. The summed E-state index contributed by atoms with van der Waals surface area (Å²) in [5.74, 6) is 0.0869. The minimum atomic E-state index is -0.468. The van der Waals surface area contributed by atoms with E-state index in [1.807, 2.05) is 6.92 Å². The Labute approximate surface area is 94.2 Å². The van der Waals surface area contributed by atoms with E-state index in [2.05, 4.69) is 0 Å². The first kappa shape index (κ1) is 11.2. The van der Waals surface area contributed by atoms with Crippen LogP contribution in [0, 0.1) is 5.92 Å². The largest absolute Gasteiger partial charge is 0.512 e. The molecule has 0 aromatic rings. The summed E-state index contributed by atoms with van der Waals surface area (Å²) in [6.45, 7) is 1.70. The standard InChI is InChI=1S/C12H16O4/c1-2-7-3-4-10(14)9-5-8(6-13)12(15)16-11(7)9/h5,7,11,13-14H,2-4,6H2,1H3/t7-,11+/m0/s1. The molecular weight excluding hydrogens is 208 g/mol. The second-order valence-electron chi connectivity index (χ2n) is 4.26. The molecule has 0 bridgehead atoms. The van der Waals surface area contributed by atoms with Crippen molar-refractivity contribution in [2.45, 2.75) is 32.3 Å². The lowest BCUT2D eigenvalue weighted by Crippen LogP contribution is -2.36. The Hall–Kier alpha value is -1.29. The zero-order valence-corrected chi connectivity index (χ0v) is 9.27. The van der Waals surface area contributed by atoms with E-state index in [9.17, 15) is 9.90 Å². The zero-order chi connectivity index (χ0) is 11.7. The molecule has 0 aromatic carbocycles. The van der Waals surface area contributed by atoms with Gasteiger partial charge >= 0.3 is 5.97 Å². The number of fused-ring (bicyclic) bond motifs is 1. The van der Waals surface area contributed by atoms with Crippen LogP contribution in [0.3, 0.4) is 0 Å². The van der Waals surface area contributed by atoms with Crippen LogP contribution in [0.25, 0.3) is 0 Å². The molecule has 0 spiro atoms. The van der Waals surface area contributed by atoms with Crippen molar-refractivity contribution in [2.24, 2.45) is 5.92 Å². The molecule has 0 saturated heterocycles. The van der Waals surface area contributed by atoms with Gasteiger partial charge in [-0.15, -0.1) is 0 Å². The van der Waals surface area contributed by atoms with Crippen molar-refractivity contribution in [2.75, 3.05) is 6.61 Å². The molecular formula is C12H16O4. The molecule has 4 nitrogen and oxygen atoms in total. The van der Waals surface area contributed by atoms with Crippen molar-refractivity contribution in [1.82, 2.24) is 0 Å². The fourth-order valence-electron chi connectivity index (χ4n) is 2.33. The topological polar surface area (TPSA) is 66.8 Å². The number of hydrogen-bond acceptors (Lipinski definition) is 4. The second kappa shape index (κ2) is 4.29. The summed E-state index contributed by atoms with van der Waals surface area (Å²) in [5, 5.41) is 18.8. The van der Waals surface area contributed by atoms with E-state index in [0.717, 1.165) is 12.8 Å². The van der Waals surface area contributed by atoms with Gasteiger partial charge < -0.3 is 14.9 Å². The van der Waals surface area contributed by atoms with Gasteiger partial charge in [-0.05, 0) is 18.9 Å². The molecule has 2 N–H and O–H groups in total. The zero-order valence-electron chi connectivity index (χ0n) is 9.27. The molecule has 88 valence electrons. The van der Waals surface area contributed by atoms with Crippen LogP contribution in [-0.2, 0) is 9.53 Å². The number of aliphatic hydroxyl groups excluding tert-OH is 2. The number of carbonyl (C=O) groups excluding carboxylic acids is 1. The fraction of sp³-hybridized carbons (Fsp3) is 0.583. The minimum absolute atomic E-state index is 0.217. The second-order valence-corrected chi connectivity index (χ2v) is 4.26. The number of rotatable bonds is 2. The molecule has 0 saturated carbocycles. The minimum Gasteiger partial charge on any atom is -0.512 e. The maximum Gasteiger partial charge on any atom is 0.336 e. The molecule has 0 unspecified atom stereocenters. The van der Waals surface area contributed by atoms with Gasteiger partial charge in [0.15, 0.2) is 0 Å². The van der Waals surface area contributed by atoms with Gasteiger partial charge in [-0.3, -0.25) is 0 Å². The highest BCUT2D eigenvalue weighted by Gasteiger charge is 2.36. The SMILES string of the molecule is CC[C@H]1CCC(O)=C2C=C(CO)C(=O)O[C@@H]21. The number of ether oxygens (including phenoxy) is 1. The van der Waals surface area contributed by atoms with Gasteiger partial charge in [-0.1, -0.05) is 6.92 Å². The van der Waals surface area contributed by atoms with Crippen LogP contribution < -0.4 is 0 Å². The van der Waals surface area contributed by atoms with E-state index in [1.165, 1.54) is 0 Å². The van der Waals surface area contributed by atoms with E-state index in [1.54, 1.807) is 6.08 Å².